The van der Waals surface area contributed by atoms with Crippen LogP contribution in [-0.2, 0) is 13.0 Å². The Bertz CT molecular complexity index is 898. The predicted octanol–water partition coefficient (Wildman–Crippen LogP) is 5.17. The Labute approximate surface area is 174 Å². The van der Waals surface area contributed by atoms with Gasteiger partial charge in [0, 0.05) is 34.0 Å². The van der Waals surface area contributed by atoms with Gasteiger partial charge < -0.3 is 10.1 Å². The van der Waals surface area contributed by atoms with Crippen molar-refractivity contribution in [3.8, 4) is 5.75 Å². The zero-order valence-electron chi connectivity index (χ0n) is 15.8. The van der Waals surface area contributed by atoms with Gasteiger partial charge in [-0.2, -0.15) is 0 Å². The molecule has 1 heterocycles. The van der Waals surface area contributed by atoms with Crippen molar-refractivity contribution in [3.63, 3.8) is 0 Å². The molecular weight excluding hydrogens is 416 g/mol. The fourth-order valence-corrected chi connectivity index (χ4v) is 3.06. The molecule has 3 rings (SSSR count). The molecule has 1 amide bonds. The number of amides is 1. The maximum atomic E-state index is 12.6. The molecule has 0 aliphatic carbocycles. The number of ether oxygens (including phenoxy) is 1. The quantitative estimate of drug-likeness (QED) is 0.527. The molecule has 3 aromatic rings. The molecule has 0 spiro atoms. The van der Waals surface area contributed by atoms with Crippen LogP contribution < -0.4 is 10.1 Å². The van der Waals surface area contributed by atoms with Crippen LogP contribution in [0.1, 0.15) is 34.8 Å². The standard InChI is InChI=1S/C23H23BrN2O2/c1-17(7-8-18-9-11-21(24)12-10-18)26-23(27)20-5-2-6-22(14-20)28-16-19-4-3-13-25-15-19/h2-6,9-15,17H,7-8,16H2,1H3,(H,26,27). The molecule has 0 fully saturated rings. The molecule has 0 aliphatic heterocycles. The van der Waals surface area contributed by atoms with Crippen molar-refractivity contribution in [2.75, 3.05) is 0 Å². The Kier molecular flexibility index (Phi) is 7.20. The van der Waals surface area contributed by atoms with E-state index in [1.54, 1.807) is 24.5 Å². The molecule has 1 N–H and O–H groups in total. The molecule has 0 radical (unpaired) electrons. The van der Waals surface area contributed by atoms with Crippen LogP contribution in [0.25, 0.3) is 0 Å². The second-order valence-corrected chi connectivity index (χ2v) is 7.63. The van der Waals surface area contributed by atoms with Crippen molar-refractivity contribution in [1.29, 1.82) is 0 Å². The minimum atomic E-state index is -0.0878. The summed E-state index contributed by atoms with van der Waals surface area (Å²) in [5.74, 6) is 0.578. The Morgan fingerprint density at radius 3 is 2.68 bits per heavy atom. The normalized spacial score (nSPS) is 11.6. The predicted molar refractivity (Wildman–Crippen MR) is 114 cm³/mol. The molecule has 144 valence electrons. The molecule has 2 aromatic carbocycles. The van der Waals surface area contributed by atoms with Gasteiger partial charge in [0.05, 0.1) is 0 Å². The Hall–Kier alpha value is -2.66. The second-order valence-electron chi connectivity index (χ2n) is 6.72. The average molecular weight is 439 g/mol. The van der Waals surface area contributed by atoms with Crippen molar-refractivity contribution < 1.29 is 9.53 Å². The average Bonchev–Trinajstić information content (AvgIpc) is 2.73. The van der Waals surface area contributed by atoms with E-state index in [2.05, 4.69) is 38.4 Å². The summed E-state index contributed by atoms with van der Waals surface area (Å²) in [6.45, 7) is 2.45. The van der Waals surface area contributed by atoms with E-state index in [0.717, 1.165) is 22.9 Å². The topological polar surface area (TPSA) is 51.2 Å². The van der Waals surface area contributed by atoms with Gasteiger partial charge in [-0.3, -0.25) is 9.78 Å². The summed E-state index contributed by atoms with van der Waals surface area (Å²) in [7, 11) is 0. The van der Waals surface area contributed by atoms with Gasteiger partial charge in [-0.15, -0.1) is 0 Å². The van der Waals surface area contributed by atoms with Crippen LogP contribution >= 0.6 is 15.9 Å². The van der Waals surface area contributed by atoms with E-state index in [9.17, 15) is 4.79 Å². The molecule has 0 aliphatic rings. The van der Waals surface area contributed by atoms with Crippen LogP contribution in [0.4, 0.5) is 0 Å². The van der Waals surface area contributed by atoms with E-state index >= 15 is 0 Å². The van der Waals surface area contributed by atoms with Crippen LogP contribution in [0.5, 0.6) is 5.75 Å². The van der Waals surface area contributed by atoms with Gasteiger partial charge in [0.15, 0.2) is 0 Å². The summed E-state index contributed by atoms with van der Waals surface area (Å²) in [4.78, 5) is 16.6. The van der Waals surface area contributed by atoms with Gasteiger partial charge in [0.1, 0.15) is 12.4 Å². The van der Waals surface area contributed by atoms with Gasteiger partial charge in [-0.25, -0.2) is 0 Å². The summed E-state index contributed by atoms with van der Waals surface area (Å²) >= 11 is 3.44. The molecule has 4 nitrogen and oxygen atoms in total. The van der Waals surface area contributed by atoms with Crippen molar-refractivity contribution in [2.24, 2.45) is 0 Å². The number of hydrogen-bond donors (Lipinski definition) is 1. The molecule has 1 atom stereocenters. The third-order valence-electron chi connectivity index (χ3n) is 4.38. The summed E-state index contributed by atoms with van der Waals surface area (Å²) in [5, 5.41) is 3.07. The number of halogens is 1. The van der Waals surface area contributed by atoms with Crippen LogP contribution in [0.2, 0.25) is 0 Å². The number of benzene rings is 2. The lowest BCUT2D eigenvalue weighted by molar-refractivity contribution is 0.0938. The minimum absolute atomic E-state index is 0.0797. The highest BCUT2D eigenvalue weighted by molar-refractivity contribution is 9.10. The first-order valence-electron chi connectivity index (χ1n) is 9.27. The number of pyridine rings is 1. The minimum Gasteiger partial charge on any atom is -0.489 e. The van der Waals surface area contributed by atoms with Crippen LogP contribution in [-0.4, -0.2) is 16.9 Å². The molecule has 0 bridgehead atoms. The van der Waals surface area contributed by atoms with E-state index in [1.807, 2.05) is 43.3 Å². The zero-order chi connectivity index (χ0) is 19.8. The Morgan fingerprint density at radius 2 is 1.93 bits per heavy atom. The van der Waals surface area contributed by atoms with Gasteiger partial charge in [-0.05, 0) is 61.7 Å². The van der Waals surface area contributed by atoms with Crippen LogP contribution in [0.15, 0.2) is 77.5 Å². The van der Waals surface area contributed by atoms with Crippen molar-refractivity contribution in [1.82, 2.24) is 10.3 Å². The fourth-order valence-electron chi connectivity index (χ4n) is 2.79. The Morgan fingerprint density at radius 1 is 1.11 bits per heavy atom. The highest BCUT2D eigenvalue weighted by Gasteiger charge is 2.11. The zero-order valence-corrected chi connectivity index (χ0v) is 17.4. The van der Waals surface area contributed by atoms with Gasteiger partial charge >= 0.3 is 0 Å². The third-order valence-corrected chi connectivity index (χ3v) is 4.91. The van der Waals surface area contributed by atoms with Gasteiger partial charge in [0.2, 0.25) is 0 Å². The maximum absolute atomic E-state index is 12.6. The maximum Gasteiger partial charge on any atom is 0.251 e. The molecule has 5 heteroatoms. The van der Waals surface area contributed by atoms with E-state index in [1.165, 1.54) is 5.56 Å². The SMILES string of the molecule is CC(CCc1ccc(Br)cc1)NC(=O)c1cccc(OCc2cccnc2)c1. The third kappa shape index (κ3) is 6.20. The molecule has 1 unspecified atom stereocenters. The molecular formula is C23H23BrN2O2. The highest BCUT2D eigenvalue weighted by Crippen LogP contribution is 2.16. The van der Waals surface area contributed by atoms with E-state index in [4.69, 9.17) is 4.74 Å². The lowest BCUT2D eigenvalue weighted by Crippen LogP contribution is -2.32. The first-order chi connectivity index (χ1) is 13.6. The first-order valence-corrected chi connectivity index (χ1v) is 10.1. The van der Waals surface area contributed by atoms with Gasteiger partial charge in [0.25, 0.3) is 5.91 Å². The molecule has 0 saturated heterocycles. The second kappa shape index (κ2) is 10.0. The van der Waals surface area contributed by atoms with Crippen molar-refractivity contribution in [3.05, 3.63) is 94.2 Å². The summed E-state index contributed by atoms with van der Waals surface area (Å²) in [5.41, 5.74) is 2.84. The molecule has 1 aromatic heterocycles. The van der Waals surface area contributed by atoms with E-state index < -0.39 is 0 Å². The number of aryl methyl sites for hydroxylation is 1. The summed E-state index contributed by atoms with van der Waals surface area (Å²) < 4.78 is 6.85. The van der Waals surface area contributed by atoms with Gasteiger partial charge in [-0.1, -0.05) is 40.2 Å². The monoisotopic (exact) mass is 438 g/mol. The number of carbonyl (C=O) groups is 1. The lowest BCUT2D eigenvalue weighted by atomic mass is 10.1. The fraction of sp³-hybridized carbons (Fsp3) is 0.217. The number of nitrogens with one attached hydrogen (secondary N) is 1. The smallest absolute Gasteiger partial charge is 0.251 e. The van der Waals surface area contributed by atoms with Crippen molar-refractivity contribution >= 4 is 21.8 Å². The summed E-state index contributed by atoms with van der Waals surface area (Å²) in [6.07, 6.45) is 5.30. The number of nitrogens with zero attached hydrogens (tertiary/aromatic N) is 1. The molecule has 28 heavy (non-hydrogen) atoms. The largest absolute Gasteiger partial charge is 0.489 e. The highest BCUT2D eigenvalue weighted by atomic mass is 79.9. The number of aromatic nitrogens is 1. The lowest BCUT2D eigenvalue weighted by Gasteiger charge is -2.14. The Balaban J connectivity index is 1.51. The first kappa shape index (κ1) is 20.1. The van der Waals surface area contributed by atoms with Crippen molar-refractivity contribution in [2.45, 2.75) is 32.4 Å². The number of hydrogen-bond acceptors (Lipinski definition) is 3. The van der Waals surface area contributed by atoms with Crippen LogP contribution in [0.3, 0.4) is 0 Å². The van der Waals surface area contributed by atoms with E-state index in [0.29, 0.717) is 17.9 Å². The summed E-state index contributed by atoms with van der Waals surface area (Å²) in [6, 6.07) is 19.4. The number of rotatable bonds is 8. The van der Waals surface area contributed by atoms with E-state index in [-0.39, 0.29) is 11.9 Å². The van der Waals surface area contributed by atoms with Crippen LogP contribution in [0, 0.1) is 0 Å². The molecule has 0 saturated carbocycles. The number of carbonyl (C=O) groups excluding carboxylic acids is 1.